The van der Waals surface area contributed by atoms with Gasteiger partial charge in [-0.25, -0.2) is 4.79 Å². The van der Waals surface area contributed by atoms with Crippen molar-refractivity contribution in [3.8, 4) is 0 Å². The lowest BCUT2D eigenvalue weighted by molar-refractivity contribution is -0.129. The standard InChI is InChI=1S/C7H14N2O.2C7H13NO/c1-6(2)9-5-4-8(3)7(9)10;2*1-6(2)8-5-3-4-7(8)9/h6H,4-5H2,1-3H3;2*6H,3-5H2,1-2H3. The molecule has 7 heteroatoms. The Morgan fingerprint density at radius 1 is 0.607 bits per heavy atom. The molecular formula is C21H40N4O3. The maximum atomic E-state index is 11.2. The zero-order valence-corrected chi connectivity index (χ0v) is 18.9. The van der Waals surface area contributed by atoms with E-state index in [1.165, 1.54) is 0 Å². The fourth-order valence-electron chi connectivity index (χ4n) is 3.58. The van der Waals surface area contributed by atoms with Gasteiger partial charge in [-0.3, -0.25) is 9.59 Å². The van der Waals surface area contributed by atoms with Gasteiger partial charge in [-0.05, 0) is 54.4 Å². The Labute approximate surface area is 171 Å². The highest BCUT2D eigenvalue weighted by Crippen LogP contribution is 2.13. The van der Waals surface area contributed by atoms with E-state index >= 15 is 0 Å². The summed E-state index contributed by atoms with van der Waals surface area (Å²) in [7, 11) is 1.84. The molecule has 0 radical (unpaired) electrons. The van der Waals surface area contributed by atoms with Crippen LogP contribution in [0, 0.1) is 0 Å². The average Bonchev–Trinajstić information content (AvgIpc) is 3.30. The normalized spacial score (nSPS) is 19.7. The molecule has 28 heavy (non-hydrogen) atoms. The summed E-state index contributed by atoms with van der Waals surface area (Å²) in [4.78, 5) is 40.6. The van der Waals surface area contributed by atoms with Gasteiger partial charge >= 0.3 is 6.03 Å². The maximum absolute atomic E-state index is 11.2. The molecule has 162 valence electrons. The van der Waals surface area contributed by atoms with Gasteiger partial charge in [0.05, 0.1) is 0 Å². The summed E-state index contributed by atoms with van der Waals surface area (Å²) in [5.74, 6) is 0.648. The number of hydrogen-bond acceptors (Lipinski definition) is 3. The van der Waals surface area contributed by atoms with Crippen LogP contribution in [-0.4, -0.2) is 88.8 Å². The molecule has 3 aliphatic rings. The average molecular weight is 397 g/mol. The molecule has 3 saturated heterocycles. The Kier molecular flexibility index (Phi) is 9.76. The Hall–Kier alpha value is -1.79. The number of hydrogen-bond donors (Lipinski definition) is 0. The minimum Gasteiger partial charge on any atom is -0.340 e. The second-order valence-electron chi connectivity index (χ2n) is 8.56. The third-order valence-corrected chi connectivity index (χ3v) is 5.34. The van der Waals surface area contributed by atoms with Crippen molar-refractivity contribution < 1.29 is 14.4 Å². The number of likely N-dealkylation sites (N-methyl/N-ethyl adjacent to an activating group) is 1. The summed E-state index contributed by atoms with van der Waals surface area (Å²) < 4.78 is 0. The first-order chi connectivity index (χ1) is 13.1. The molecule has 0 unspecified atom stereocenters. The van der Waals surface area contributed by atoms with Crippen molar-refractivity contribution in [1.29, 1.82) is 0 Å². The molecule has 3 rings (SSSR count). The van der Waals surface area contributed by atoms with E-state index < -0.39 is 0 Å². The molecule has 3 fully saturated rings. The van der Waals surface area contributed by atoms with Crippen molar-refractivity contribution in [1.82, 2.24) is 19.6 Å². The molecule has 0 bridgehead atoms. The summed E-state index contributed by atoms with van der Waals surface area (Å²) in [6, 6.07) is 1.31. The fourth-order valence-corrected chi connectivity index (χ4v) is 3.58. The van der Waals surface area contributed by atoms with Gasteiger partial charge < -0.3 is 19.6 Å². The quantitative estimate of drug-likeness (QED) is 0.737. The van der Waals surface area contributed by atoms with E-state index in [4.69, 9.17) is 0 Å². The van der Waals surface area contributed by atoms with E-state index in [2.05, 4.69) is 27.7 Å². The lowest BCUT2D eigenvalue weighted by Gasteiger charge is -2.19. The summed E-state index contributed by atoms with van der Waals surface area (Å²) >= 11 is 0. The molecule has 0 aromatic heterocycles. The van der Waals surface area contributed by atoms with Crippen LogP contribution in [0.15, 0.2) is 0 Å². The van der Waals surface area contributed by atoms with Gasteiger partial charge in [-0.1, -0.05) is 0 Å². The van der Waals surface area contributed by atoms with Gasteiger partial charge in [0.25, 0.3) is 0 Å². The van der Waals surface area contributed by atoms with Gasteiger partial charge in [0, 0.05) is 64.2 Å². The predicted octanol–water partition coefficient (Wildman–Crippen LogP) is 2.80. The van der Waals surface area contributed by atoms with Gasteiger partial charge in [0.15, 0.2) is 0 Å². The van der Waals surface area contributed by atoms with Crippen LogP contribution in [-0.2, 0) is 9.59 Å². The second kappa shape index (κ2) is 11.3. The molecule has 0 N–H and O–H groups in total. The first-order valence-corrected chi connectivity index (χ1v) is 10.7. The van der Waals surface area contributed by atoms with Crippen molar-refractivity contribution in [2.24, 2.45) is 0 Å². The monoisotopic (exact) mass is 396 g/mol. The van der Waals surface area contributed by atoms with Crippen LogP contribution >= 0.6 is 0 Å². The topological polar surface area (TPSA) is 64.2 Å². The third kappa shape index (κ3) is 6.99. The molecule has 4 amide bonds. The molecule has 0 aromatic carbocycles. The summed E-state index contributed by atoms with van der Waals surface area (Å²) in [6.45, 7) is 16.0. The number of amides is 4. The van der Waals surface area contributed by atoms with Crippen LogP contribution in [0.4, 0.5) is 4.79 Å². The maximum Gasteiger partial charge on any atom is 0.320 e. The number of carbonyl (C=O) groups is 3. The van der Waals surface area contributed by atoms with E-state index in [0.29, 0.717) is 29.9 Å². The highest BCUT2D eigenvalue weighted by Gasteiger charge is 2.26. The Morgan fingerprint density at radius 3 is 1.14 bits per heavy atom. The van der Waals surface area contributed by atoms with E-state index in [9.17, 15) is 14.4 Å². The van der Waals surface area contributed by atoms with Gasteiger partial charge in [0.1, 0.15) is 0 Å². The van der Waals surface area contributed by atoms with Crippen LogP contribution in [0.25, 0.3) is 0 Å². The number of rotatable bonds is 3. The highest BCUT2D eigenvalue weighted by molar-refractivity contribution is 5.78. The largest absolute Gasteiger partial charge is 0.340 e. The molecule has 7 nitrogen and oxygen atoms in total. The SMILES string of the molecule is CC(C)N1CCCC1=O.CC(C)N1CCCC1=O.CC(C)N1CCN(C)C1=O. The zero-order valence-electron chi connectivity index (χ0n) is 18.9. The van der Waals surface area contributed by atoms with Crippen LogP contribution in [0.2, 0.25) is 0 Å². The molecule has 3 heterocycles. The van der Waals surface area contributed by atoms with Crippen LogP contribution in [0.5, 0.6) is 0 Å². The van der Waals surface area contributed by atoms with Crippen molar-refractivity contribution in [3.63, 3.8) is 0 Å². The zero-order chi connectivity index (χ0) is 21.4. The molecule has 0 saturated carbocycles. The lowest BCUT2D eigenvalue weighted by atomic mass is 10.3. The summed E-state index contributed by atoms with van der Waals surface area (Å²) in [5, 5.41) is 0. The summed E-state index contributed by atoms with van der Waals surface area (Å²) in [5.41, 5.74) is 0. The molecule has 3 aliphatic heterocycles. The molecule has 0 aliphatic carbocycles. The third-order valence-electron chi connectivity index (χ3n) is 5.34. The summed E-state index contributed by atoms with van der Waals surface area (Å²) in [6.07, 6.45) is 3.63. The number of urea groups is 1. The van der Waals surface area contributed by atoms with E-state index in [1.54, 1.807) is 4.90 Å². The van der Waals surface area contributed by atoms with Crippen molar-refractivity contribution in [2.75, 3.05) is 33.2 Å². The fraction of sp³-hybridized carbons (Fsp3) is 0.857. The van der Waals surface area contributed by atoms with Crippen LogP contribution < -0.4 is 0 Å². The van der Waals surface area contributed by atoms with E-state index in [0.717, 1.165) is 51.9 Å². The van der Waals surface area contributed by atoms with E-state index in [1.807, 2.05) is 35.6 Å². The van der Waals surface area contributed by atoms with Crippen LogP contribution in [0.1, 0.15) is 67.2 Å². The minimum atomic E-state index is 0.162. The molecule has 0 spiro atoms. The molecule has 0 aromatic rings. The number of nitrogens with zero attached hydrogens (tertiary/aromatic N) is 4. The predicted molar refractivity (Wildman–Crippen MR) is 112 cm³/mol. The second-order valence-corrected chi connectivity index (χ2v) is 8.56. The van der Waals surface area contributed by atoms with E-state index in [-0.39, 0.29) is 6.03 Å². The molecule has 0 atom stereocenters. The van der Waals surface area contributed by atoms with Crippen molar-refractivity contribution >= 4 is 17.8 Å². The Bertz CT molecular complexity index is 504. The highest BCUT2D eigenvalue weighted by atomic mass is 16.2. The van der Waals surface area contributed by atoms with Gasteiger partial charge in [-0.15, -0.1) is 0 Å². The van der Waals surface area contributed by atoms with Gasteiger partial charge in [0.2, 0.25) is 11.8 Å². The Balaban J connectivity index is 0.000000210. The lowest BCUT2D eigenvalue weighted by Crippen LogP contribution is -2.34. The first kappa shape index (κ1) is 24.2. The number of carbonyl (C=O) groups excluding carboxylic acids is 3. The number of likely N-dealkylation sites (tertiary alicyclic amines) is 2. The van der Waals surface area contributed by atoms with Crippen molar-refractivity contribution in [2.45, 2.75) is 85.4 Å². The van der Waals surface area contributed by atoms with Crippen LogP contribution in [0.3, 0.4) is 0 Å². The van der Waals surface area contributed by atoms with Crippen molar-refractivity contribution in [3.05, 3.63) is 0 Å². The smallest absolute Gasteiger partial charge is 0.320 e. The molecular weight excluding hydrogens is 356 g/mol. The first-order valence-electron chi connectivity index (χ1n) is 10.7. The Morgan fingerprint density at radius 2 is 1.00 bits per heavy atom. The van der Waals surface area contributed by atoms with Gasteiger partial charge in [-0.2, -0.15) is 0 Å². The minimum absolute atomic E-state index is 0.162.